The first-order chi connectivity index (χ1) is 8.60. The van der Waals surface area contributed by atoms with Crippen LogP contribution in [0.25, 0.3) is 0 Å². The topological polar surface area (TPSA) is 114 Å². The van der Waals surface area contributed by atoms with E-state index in [1.54, 1.807) is 0 Å². The van der Waals surface area contributed by atoms with Crippen molar-refractivity contribution in [1.82, 2.24) is 10.2 Å². The van der Waals surface area contributed by atoms with Crippen LogP contribution in [0.15, 0.2) is 0 Å². The van der Waals surface area contributed by atoms with Crippen molar-refractivity contribution in [3.63, 3.8) is 0 Å². The van der Waals surface area contributed by atoms with Crippen molar-refractivity contribution in [1.29, 1.82) is 5.26 Å². The molecule has 0 bridgehead atoms. The minimum Gasteiger partial charge on any atom is -0.480 e. The van der Waals surface area contributed by atoms with Crippen molar-refractivity contribution in [3.8, 4) is 6.07 Å². The summed E-state index contributed by atoms with van der Waals surface area (Å²) in [7, 11) is 0. The lowest BCUT2D eigenvalue weighted by molar-refractivity contribution is -0.139. The van der Waals surface area contributed by atoms with Crippen molar-refractivity contribution in [2.75, 3.05) is 13.2 Å². The van der Waals surface area contributed by atoms with Crippen LogP contribution in [0.3, 0.4) is 0 Å². The molecule has 0 aromatic carbocycles. The molecule has 1 aliphatic carbocycles. The highest BCUT2D eigenvalue weighted by atomic mass is 16.4. The summed E-state index contributed by atoms with van der Waals surface area (Å²) in [6, 6.07) is 0.502. The molecule has 7 heteroatoms. The number of nitrogens with zero attached hydrogens (tertiary/aromatic N) is 2. The molecule has 0 aromatic rings. The molecule has 1 fully saturated rings. The van der Waals surface area contributed by atoms with Crippen molar-refractivity contribution in [3.05, 3.63) is 0 Å². The van der Waals surface area contributed by atoms with Gasteiger partial charge in [0.05, 0.1) is 12.5 Å². The molecule has 0 spiro atoms. The zero-order valence-electron chi connectivity index (χ0n) is 10.0. The van der Waals surface area contributed by atoms with Crippen LogP contribution in [0.5, 0.6) is 0 Å². The molecule has 3 N–H and O–H groups in total. The fraction of sp³-hybridized carbons (Fsp3) is 0.727. The third-order valence-electron chi connectivity index (χ3n) is 2.73. The maximum atomic E-state index is 11.9. The molecule has 0 saturated heterocycles. The largest absolute Gasteiger partial charge is 0.480 e. The molecule has 0 aromatic heterocycles. The van der Waals surface area contributed by atoms with Gasteiger partial charge in [0.1, 0.15) is 6.04 Å². The SMILES string of the molecule is N#CCCN(C(=O)N[C@@H](CCO)C(=O)O)C1CC1. The average Bonchev–Trinajstić information content (AvgIpc) is 3.13. The van der Waals surface area contributed by atoms with Crippen LogP contribution >= 0.6 is 0 Å². The number of carbonyl (C=O) groups is 2. The van der Waals surface area contributed by atoms with Gasteiger partial charge in [-0.05, 0) is 12.8 Å². The molecule has 0 heterocycles. The van der Waals surface area contributed by atoms with Crippen molar-refractivity contribution >= 4 is 12.0 Å². The van der Waals surface area contributed by atoms with E-state index >= 15 is 0 Å². The molecule has 2 amide bonds. The predicted octanol–water partition coefficient (Wildman–Crippen LogP) is -0.0903. The van der Waals surface area contributed by atoms with Crippen LogP contribution < -0.4 is 5.32 Å². The number of carboxylic acids is 1. The molecule has 18 heavy (non-hydrogen) atoms. The number of hydrogen-bond acceptors (Lipinski definition) is 4. The normalized spacial score (nSPS) is 15.6. The fourth-order valence-electron chi connectivity index (χ4n) is 1.63. The smallest absolute Gasteiger partial charge is 0.326 e. The lowest BCUT2D eigenvalue weighted by atomic mass is 10.2. The van der Waals surface area contributed by atoms with E-state index in [4.69, 9.17) is 15.5 Å². The maximum Gasteiger partial charge on any atom is 0.326 e. The van der Waals surface area contributed by atoms with Gasteiger partial charge in [-0.1, -0.05) is 0 Å². The van der Waals surface area contributed by atoms with Crippen LogP contribution in [0, 0.1) is 11.3 Å². The highest BCUT2D eigenvalue weighted by Gasteiger charge is 2.33. The Morgan fingerprint density at radius 3 is 2.61 bits per heavy atom. The van der Waals surface area contributed by atoms with Crippen LogP contribution in [-0.4, -0.2) is 52.3 Å². The average molecular weight is 255 g/mol. The van der Waals surface area contributed by atoms with Gasteiger partial charge in [0.2, 0.25) is 0 Å². The Morgan fingerprint density at radius 2 is 2.17 bits per heavy atom. The Kier molecular flexibility index (Phi) is 5.39. The number of carbonyl (C=O) groups excluding carboxylic acids is 1. The van der Waals surface area contributed by atoms with Gasteiger partial charge in [0.25, 0.3) is 0 Å². The predicted molar refractivity (Wildman–Crippen MR) is 61.6 cm³/mol. The summed E-state index contributed by atoms with van der Waals surface area (Å²) in [6.45, 7) is -0.00264. The van der Waals surface area contributed by atoms with E-state index in [1.165, 1.54) is 4.90 Å². The molecule has 0 radical (unpaired) electrons. The number of carboxylic acid groups (broad SMARTS) is 1. The summed E-state index contributed by atoms with van der Waals surface area (Å²) in [5, 5.41) is 28.5. The Labute approximate surface area is 105 Å². The number of nitriles is 1. The van der Waals surface area contributed by atoms with Crippen LogP contribution in [0.4, 0.5) is 4.79 Å². The number of aliphatic hydroxyl groups is 1. The monoisotopic (exact) mass is 255 g/mol. The van der Waals surface area contributed by atoms with Gasteiger partial charge in [-0.2, -0.15) is 5.26 Å². The third-order valence-corrected chi connectivity index (χ3v) is 2.73. The van der Waals surface area contributed by atoms with Crippen LogP contribution in [-0.2, 0) is 4.79 Å². The van der Waals surface area contributed by atoms with Crippen molar-refractivity contribution in [2.45, 2.75) is 37.8 Å². The molecule has 0 unspecified atom stereocenters. The zero-order chi connectivity index (χ0) is 13.5. The summed E-state index contributed by atoms with van der Waals surface area (Å²) in [6.07, 6.45) is 1.96. The lowest BCUT2D eigenvalue weighted by Crippen LogP contribution is -2.49. The molecule has 0 aliphatic heterocycles. The fourth-order valence-corrected chi connectivity index (χ4v) is 1.63. The summed E-state index contributed by atoms with van der Waals surface area (Å²) >= 11 is 0. The molecular formula is C11H17N3O4. The van der Waals surface area contributed by atoms with E-state index in [0.29, 0.717) is 6.54 Å². The van der Waals surface area contributed by atoms with E-state index < -0.39 is 18.0 Å². The zero-order valence-corrected chi connectivity index (χ0v) is 10.0. The molecule has 100 valence electrons. The van der Waals surface area contributed by atoms with E-state index in [-0.39, 0.29) is 25.5 Å². The number of hydrogen-bond donors (Lipinski definition) is 3. The number of aliphatic carboxylic acids is 1. The maximum absolute atomic E-state index is 11.9. The molecule has 7 nitrogen and oxygen atoms in total. The van der Waals surface area contributed by atoms with Crippen LogP contribution in [0.2, 0.25) is 0 Å². The minimum atomic E-state index is -1.17. The van der Waals surface area contributed by atoms with Gasteiger partial charge in [-0.25, -0.2) is 9.59 Å². The van der Waals surface area contributed by atoms with Gasteiger partial charge < -0.3 is 20.4 Å². The quantitative estimate of drug-likeness (QED) is 0.588. The number of nitrogens with one attached hydrogen (secondary N) is 1. The summed E-state index contributed by atoms with van der Waals surface area (Å²) in [5.74, 6) is -1.17. The number of urea groups is 1. The first-order valence-corrected chi connectivity index (χ1v) is 5.88. The standard InChI is InChI=1S/C11H17N3O4/c12-5-1-6-14(8-2-3-8)11(18)13-9(4-7-15)10(16)17/h8-9,15H,1-4,6-7H2,(H,13,18)(H,16,17)/t9-/m0/s1. The summed E-state index contributed by atoms with van der Waals surface area (Å²) < 4.78 is 0. The Morgan fingerprint density at radius 1 is 1.50 bits per heavy atom. The van der Waals surface area contributed by atoms with Crippen molar-refractivity contribution in [2.24, 2.45) is 0 Å². The number of aliphatic hydroxyl groups excluding tert-OH is 1. The summed E-state index contributed by atoms with van der Waals surface area (Å²) in [4.78, 5) is 24.2. The number of rotatable bonds is 7. The van der Waals surface area contributed by atoms with E-state index in [0.717, 1.165) is 12.8 Å². The Hall–Kier alpha value is -1.81. The third kappa shape index (κ3) is 4.22. The first kappa shape index (κ1) is 14.3. The van der Waals surface area contributed by atoms with E-state index in [2.05, 4.69) is 5.32 Å². The number of amides is 2. The molecule has 1 atom stereocenters. The highest BCUT2D eigenvalue weighted by molar-refractivity contribution is 5.82. The van der Waals surface area contributed by atoms with Gasteiger partial charge in [-0.15, -0.1) is 0 Å². The Bertz CT molecular complexity index is 349. The molecular weight excluding hydrogens is 238 g/mol. The van der Waals surface area contributed by atoms with E-state index in [9.17, 15) is 9.59 Å². The first-order valence-electron chi connectivity index (χ1n) is 5.88. The van der Waals surface area contributed by atoms with E-state index in [1.807, 2.05) is 6.07 Å². The lowest BCUT2D eigenvalue weighted by Gasteiger charge is -2.24. The molecule has 1 aliphatic rings. The molecule has 1 saturated carbocycles. The highest BCUT2D eigenvalue weighted by Crippen LogP contribution is 2.26. The van der Waals surface area contributed by atoms with Crippen LogP contribution in [0.1, 0.15) is 25.7 Å². The second kappa shape index (κ2) is 6.81. The second-order valence-corrected chi connectivity index (χ2v) is 4.19. The van der Waals surface area contributed by atoms with Gasteiger partial charge in [-0.3, -0.25) is 0 Å². The second-order valence-electron chi connectivity index (χ2n) is 4.19. The van der Waals surface area contributed by atoms with Gasteiger partial charge >= 0.3 is 12.0 Å². The van der Waals surface area contributed by atoms with Gasteiger partial charge in [0.15, 0.2) is 0 Å². The Balaban J connectivity index is 2.54. The van der Waals surface area contributed by atoms with Gasteiger partial charge in [0, 0.05) is 25.6 Å². The minimum absolute atomic E-state index is 0.0299. The molecule has 1 rings (SSSR count). The van der Waals surface area contributed by atoms with Crippen molar-refractivity contribution < 1.29 is 19.8 Å². The summed E-state index contributed by atoms with van der Waals surface area (Å²) in [5.41, 5.74) is 0.